The highest BCUT2D eigenvalue weighted by Gasteiger charge is 2.20. The van der Waals surface area contributed by atoms with Crippen molar-refractivity contribution in [1.29, 1.82) is 0 Å². The van der Waals surface area contributed by atoms with E-state index in [0.29, 0.717) is 5.82 Å². The number of nitrogens with zero attached hydrogens (tertiary/aromatic N) is 3. The highest BCUT2D eigenvalue weighted by Crippen LogP contribution is 2.11. The van der Waals surface area contributed by atoms with Crippen LogP contribution in [0.15, 0.2) is 24.4 Å². The van der Waals surface area contributed by atoms with Gasteiger partial charge in [0.05, 0.1) is 11.3 Å². The number of imide groups is 1. The fourth-order valence-electron chi connectivity index (χ4n) is 2.05. The molecule has 3 amide bonds. The van der Waals surface area contributed by atoms with E-state index in [0.717, 1.165) is 11.4 Å². The zero-order valence-electron chi connectivity index (χ0n) is 14.4. The molecule has 0 fully saturated rings. The Morgan fingerprint density at radius 3 is 2.48 bits per heavy atom. The molecule has 25 heavy (non-hydrogen) atoms. The van der Waals surface area contributed by atoms with Crippen LogP contribution in [0.5, 0.6) is 0 Å². The van der Waals surface area contributed by atoms with Crippen LogP contribution >= 0.6 is 0 Å². The summed E-state index contributed by atoms with van der Waals surface area (Å²) in [5, 5.41) is 8.58. The van der Waals surface area contributed by atoms with Crippen LogP contribution in [0.3, 0.4) is 0 Å². The van der Waals surface area contributed by atoms with Crippen LogP contribution in [0.1, 0.15) is 28.7 Å². The fourth-order valence-corrected chi connectivity index (χ4v) is 2.05. The molecule has 132 valence electrons. The summed E-state index contributed by atoms with van der Waals surface area (Å²) in [5.74, 6) is -0.876. The Morgan fingerprint density at radius 2 is 1.96 bits per heavy atom. The molecule has 9 heteroatoms. The van der Waals surface area contributed by atoms with Crippen molar-refractivity contribution < 1.29 is 19.1 Å². The normalized spacial score (nSPS) is 11.5. The number of rotatable bonds is 4. The first kappa shape index (κ1) is 18.1. The quantitative estimate of drug-likeness (QED) is 0.795. The van der Waals surface area contributed by atoms with E-state index in [1.54, 1.807) is 10.7 Å². The smallest absolute Gasteiger partial charge is 0.340 e. The van der Waals surface area contributed by atoms with Gasteiger partial charge in [-0.05, 0) is 39.0 Å². The van der Waals surface area contributed by atoms with Crippen LogP contribution < -0.4 is 10.6 Å². The number of urea groups is 1. The molecule has 2 rings (SSSR count). The summed E-state index contributed by atoms with van der Waals surface area (Å²) in [6, 6.07) is 4.40. The second kappa shape index (κ2) is 7.56. The van der Waals surface area contributed by atoms with Gasteiger partial charge in [0, 0.05) is 18.9 Å². The van der Waals surface area contributed by atoms with Crippen LogP contribution in [-0.4, -0.2) is 45.8 Å². The highest BCUT2D eigenvalue weighted by molar-refractivity contribution is 5.98. The lowest BCUT2D eigenvalue weighted by Crippen LogP contribution is -2.43. The third-order valence-corrected chi connectivity index (χ3v) is 3.33. The molecule has 0 aliphatic carbocycles. The molecule has 0 bridgehead atoms. The van der Waals surface area contributed by atoms with Crippen molar-refractivity contribution in [1.82, 2.24) is 25.4 Å². The summed E-state index contributed by atoms with van der Waals surface area (Å²) in [6.07, 6.45) is 0.220. The molecule has 0 aliphatic heterocycles. The van der Waals surface area contributed by atoms with Crippen molar-refractivity contribution in [2.45, 2.75) is 26.9 Å². The number of carbonyl (C=O) groups is 3. The van der Waals surface area contributed by atoms with Crippen molar-refractivity contribution >= 4 is 17.9 Å². The minimum absolute atomic E-state index is 0.185. The van der Waals surface area contributed by atoms with E-state index in [9.17, 15) is 14.4 Å². The lowest BCUT2D eigenvalue weighted by atomic mass is 10.3. The van der Waals surface area contributed by atoms with Gasteiger partial charge in [0.1, 0.15) is 0 Å². The first-order valence-electron chi connectivity index (χ1n) is 7.55. The summed E-state index contributed by atoms with van der Waals surface area (Å²) in [6.45, 7) is 5.14. The van der Waals surface area contributed by atoms with Gasteiger partial charge in [0.25, 0.3) is 5.91 Å². The summed E-state index contributed by atoms with van der Waals surface area (Å²) >= 11 is 0. The topological polar surface area (TPSA) is 115 Å². The molecular weight excluding hydrogens is 326 g/mol. The summed E-state index contributed by atoms with van der Waals surface area (Å²) in [4.78, 5) is 39.0. The second-order valence-corrected chi connectivity index (χ2v) is 5.36. The molecule has 2 aromatic heterocycles. The summed E-state index contributed by atoms with van der Waals surface area (Å²) < 4.78 is 6.68. The Labute approximate surface area is 144 Å². The molecule has 0 spiro atoms. The van der Waals surface area contributed by atoms with Crippen molar-refractivity contribution in [3.63, 3.8) is 0 Å². The fraction of sp³-hybridized carbons (Fsp3) is 0.312. The van der Waals surface area contributed by atoms with Gasteiger partial charge in [0.15, 0.2) is 11.9 Å². The van der Waals surface area contributed by atoms with Gasteiger partial charge >= 0.3 is 12.0 Å². The first-order valence-corrected chi connectivity index (χ1v) is 7.55. The van der Waals surface area contributed by atoms with Crippen LogP contribution in [-0.2, 0) is 9.53 Å². The molecule has 2 N–H and O–H groups in total. The molecule has 0 aromatic carbocycles. The predicted octanol–water partition coefficient (Wildman–Crippen LogP) is 0.885. The Hall–Kier alpha value is -3.23. The Balaban J connectivity index is 2.04. The maximum Gasteiger partial charge on any atom is 0.340 e. The SMILES string of the molecule is CNC(=O)NC(=O)C(C)OC(=O)c1ccc(-n2nc(C)cc2C)nc1. The minimum Gasteiger partial charge on any atom is -0.449 e. The largest absolute Gasteiger partial charge is 0.449 e. The van der Waals surface area contributed by atoms with Gasteiger partial charge in [-0.2, -0.15) is 5.10 Å². The predicted molar refractivity (Wildman–Crippen MR) is 88.3 cm³/mol. The van der Waals surface area contributed by atoms with E-state index in [2.05, 4.69) is 15.4 Å². The van der Waals surface area contributed by atoms with E-state index >= 15 is 0 Å². The number of aromatic nitrogens is 3. The van der Waals surface area contributed by atoms with Crippen LogP contribution in [0.25, 0.3) is 5.82 Å². The van der Waals surface area contributed by atoms with Crippen molar-refractivity contribution in [2.24, 2.45) is 0 Å². The maximum absolute atomic E-state index is 12.1. The van der Waals surface area contributed by atoms with Gasteiger partial charge in [0.2, 0.25) is 0 Å². The van der Waals surface area contributed by atoms with Gasteiger partial charge < -0.3 is 10.1 Å². The number of aryl methyl sites for hydroxylation is 2. The number of hydrogen-bond acceptors (Lipinski definition) is 6. The Morgan fingerprint density at radius 1 is 1.24 bits per heavy atom. The van der Waals surface area contributed by atoms with Crippen LogP contribution in [0.4, 0.5) is 4.79 Å². The average Bonchev–Trinajstić information content (AvgIpc) is 2.93. The molecule has 0 saturated carbocycles. The standard InChI is InChI=1S/C16H19N5O4/c1-9-7-10(2)21(20-9)13-6-5-12(8-18-13)15(23)25-11(3)14(22)19-16(24)17-4/h5-8,11H,1-4H3,(H2,17,19,22,24). The molecule has 9 nitrogen and oxygen atoms in total. The Kier molecular flexibility index (Phi) is 5.48. The van der Waals surface area contributed by atoms with E-state index in [-0.39, 0.29) is 5.56 Å². The zero-order valence-corrected chi connectivity index (χ0v) is 14.4. The van der Waals surface area contributed by atoms with Gasteiger partial charge in [-0.25, -0.2) is 19.3 Å². The maximum atomic E-state index is 12.1. The molecule has 1 unspecified atom stereocenters. The van der Waals surface area contributed by atoms with Gasteiger partial charge in [-0.3, -0.25) is 10.1 Å². The average molecular weight is 345 g/mol. The second-order valence-electron chi connectivity index (χ2n) is 5.36. The van der Waals surface area contributed by atoms with Gasteiger partial charge in [-0.1, -0.05) is 0 Å². The molecule has 0 aliphatic rings. The number of esters is 1. The minimum atomic E-state index is -1.12. The summed E-state index contributed by atoms with van der Waals surface area (Å²) in [7, 11) is 1.37. The molecule has 1 atom stereocenters. The van der Waals surface area contributed by atoms with E-state index in [4.69, 9.17) is 4.74 Å². The van der Waals surface area contributed by atoms with E-state index in [1.165, 1.54) is 26.2 Å². The monoisotopic (exact) mass is 345 g/mol. The number of nitrogens with one attached hydrogen (secondary N) is 2. The van der Waals surface area contributed by atoms with Crippen molar-refractivity contribution in [2.75, 3.05) is 7.05 Å². The lowest BCUT2D eigenvalue weighted by molar-refractivity contribution is -0.127. The number of ether oxygens (including phenoxy) is 1. The molecule has 0 radical (unpaired) electrons. The van der Waals surface area contributed by atoms with E-state index in [1.807, 2.05) is 25.2 Å². The lowest BCUT2D eigenvalue weighted by Gasteiger charge is -2.12. The molecule has 0 saturated heterocycles. The van der Waals surface area contributed by atoms with Gasteiger partial charge in [-0.15, -0.1) is 0 Å². The molecule has 2 heterocycles. The number of amides is 3. The highest BCUT2D eigenvalue weighted by atomic mass is 16.5. The number of carbonyl (C=O) groups excluding carboxylic acids is 3. The summed E-state index contributed by atoms with van der Waals surface area (Å²) in [5.41, 5.74) is 1.96. The Bertz CT molecular complexity index is 797. The van der Waals surface area contributed by atoms with Crippen LogP contribution in [0, 0.1) is 13.8 Å². The third kappa shape index (κ3) is 4.40. The molecule has 2 aromatic rings. The van der Waals surface area contributed by atoms with Crippen molar-refractivity contribution in [3.8, 4) is 5.82 Å². The van der Waals surface area contributed by atoms with Crippen molar-refractivity contribution in [3.05, 3.63) is 41.3 Å². The number of hydrogen-bond donors (Lipinski definition) is 2. The first-order chi connectivity index (χ1) is 11.8. The molecular formula is C16H19N5O4. The van der Waals surface area contributed by atoms with E-state index < -0.39 is 24.0 Å². The number of pyridine rings is 1. The zero-order chi connectivity index (χ0) is 18.6. The third-order valence-electron chi connectivity index (χ3n) is 3.33. The van der Waals surface area contributed by atoms with Crippen LogP contribution in [0.2, 0.25) is 0 Å².